The first-order chi connectivity index (χ1) is 9.63. The van der Waals surface area contributed by atoms with Crippen LogP contribution in [-0.2, 0) is 17.8 Å². The molecule has 1 heterocycles. The van der Waals surface area contributed by atoms with Gasteiger partial charge in [-0.3, -0.25) is 14.8 Å². The van der Waals surface area contributed by atoms with Crippen LogP contribution in [0.25, 0.3) is 0 Å². The maximum atomic E-state index is 11.8. The highest BCUT2D eigenvalue weighted by molar-refractivity contribution is 5.76. The molecule has 0 atom stereocenters. The zero-order chi connectivity index (χ0) is 14.4. The van der Waals surface area contributed by atoms with E-state index in [1.54, 1.807) is 12.4 Å². The molecule has 1 aromatic carbocycles. The largest absolute Gasteiger partial charge is 0.399 e. The molecule has 3 N–H and O–H groups in total. The Morgan fingerprint density at radius 3 is 2.85 bits per heavy atom. The maximum absolute atomic E-state index is 11.8. The van der Waals surface area contributed by atoms with E-state index in [9.17, 15) is 4.79 Å². The molecule has 0 unspecified atom stereocenters. The predicted octanol–water partition coefficient (Wildman–Crippen LogP) is 1.62. The molecular weight excluding hydrogens is 252 g/mol. The zero-order valence-corrected chi connectivity index (χ0v) is 11.5. The average molecular weight is 270 g/mol. The topological polar surface area (TPSA) is 80.9 Å². The second-order valence-electron chi connectivity index (χ2n) is 4.67. The fourth-order valence-corrected chi connectivity index (χ4v) is 1.79. The summed E-state index contributed by atoms with van der Waals surface area (Å²) in [6, 6.07) is 7.58. The summed E-state index contributed by atoms with van der Waals surface area (Å²) in [7, 11) is 0. The molecule has 0 saturated heterocycles. The Hall–Kier alpha value is -2.43. The van der Waals surface area contributed by atoms with Crippen LogP contribution in [0.15, 0.2) is 36.7 Å². The van der Waals surface area contributed by atoms with Crippen molar-refractivity contribution in [2.45, 2.75) is 26.3 Å². The van der Waals surface area contributed by atoms with E-state index < -0.39 is 0 Å². The second kappa shape index (κ2) is 6.65. The SMILES string of the molecule is Cc1cnc(CNC(=O)CCc2cccc(N)c2)cn1. The summed E-state index contributed by atoms with van der Waals surface area (Å²) in [6.07, 6.45) is 4.47. The molecule has 0 aliphatic carbocycles. The van der Waals surface area contributed by atoms with Gasteiger partial charge in [-0.05, 0) is 31.0 Å². The number of anilines is 1. The highest BCUT2D eigenvalue weighted by atomic mass is 16.1. The van der Waals surface area contributed by atoms with E-state index >= 15 is 0 Å². The van der Waals surface area contributed by atoms with Crippen LogP contribution in [0.2, 0.25) is 0 Å². The number of nitrogen functional groups attached to an aromatic ring is 1. The summed E-state index contributed by atoms with van der Waals surface area (Å²) in [5, 5.41) is 2.83. The number of aryl methyl sites for hydroxylation is 2. The first-order valence-electron chi connectivity index (χ1n) is 6.52. The third-order valence-corrected chi connectivity index (χ3v) is 2.89. The van der Waals surface area contributed by atoms with Gasteiger partial charge >= 0.3 is 0 Å². The molecule has 0 fully saturated rings. The number of nitrogens with zero attached hydrogens (tertiary/aromatic N) is 2. The summed E-state index contributed by atoms with van der Waals surface area (Å²) < 4.78 is 0. The zero-order valence-electron chi connectivity index (χ0n) is 11.5. The molecule has 104 valence electrons. The molecule has 0 radical (unpaired) electrons. The number of carbonyl (C=O) groups excluding carboxylic acids is 1. The molecular formula is C15H18N4O. The molecule has 5 nitrogen and oxygen atoms in total. The second-order valence-corrected chi connectivity index (χ2v) is 4.67. The van der Waals surface area contributed by atoms with Gasteiger partial charge < -0.3 is 11.1 Å². The quantitative estimate of drug-likeness (QED) is 0.809. The lowest BCUT2D eigenvalue weighted by Gasteiger charge is -2.05. The Bertz CT molecular complexity index is 581. The predicted molar refractivity (Wildman–Crippen MR) is 77.8 cm³/mol. The fourth-order valence-electron chi connectivity index (χ4n) is 1.79. The van der Waals surface area contributed by atoms with Gasteiger partial charge in [0, 0.05) is 18.3 Å². The van der Waals surface area contributed by atoms with Crippen molar-refractivity contribution >= 4 is 11.6 Å². The monoisotopic (exact) mass is 270 g/mol. The van der Waals surface area contributed by atoms with Crippen molar-refractivity contribution in [1.82, 2.24) is 15.3 Å². The van der Waals surface area contributed by atoms with Crippen LogP contribution in [0.4, 0.5) is 5.69 Å². The van der Waals surface area contributed by atoms with Crippen LogP contribution < -0.4 is 11.1 Å². The number of aromatic nitrogens is 2. The lowest BCUT2D eigenvalue weighted by molar-refractivity contribution is -0.121. The molecule has 2 rings (SSSR count). The molecule has 1 amide bonds. The van der Waals surface area contributed by atoms with Gasteiger partial charge in [-0.25, -0.2) is 0 Å². The van der Waals surface area contributed by atoms with Gasteiger partial charge in [0.1, 0.15) is 0 Å². The fraction of sp³-hybridized carbons (Fsp3) is 0.267. The van der Waals surface area contributed by atoms with Gasteiger partial charge in [0.2, 0.25) is 5.91 Å². The summed E-state index contributed by atoms with van der Waals surface area (Å²) in [5.41, 5.74) is 9.10. The Kier molecular flexibility index (Phi) is 4.65. The van der Waals surface area contributed by atoms with Crippen molar-refractivity contribution in [2.24, 2.45) is 0 Å². The summed E-state index contributed by atoms with van der Waals surface area (Å²) in [4.78, 5) is 20.1. The van der Waals surface area contributed by atoms with E-state index in [2.05, 4.69) is 15.3 Å². The van der Waals surface area contributed by atoms with Crippen molar-refractivity contribution in [3.05, 3.63) is 53.6 Å². The van der Waals surface area contributed by atoms with Gasteiger partial charge in [-0.15, -0.1) is 0 Å². The highest BCUT2D eigenvalue weighted by Crippen LogP contribution is 2.08. The van der Waals surface area contributed by atoms with Crippen molar-refractivity contribution < 1.29 is 4.79 Å². The molecule has 0 bridgehead atoms. The van der Waals surface area contributed by atoms with Gasteiger partial charge in [-0.2, -0.15) is 0 Å². The van der Waals surface area contributed by atoms with E-state index in [1.807, 2.05) is 31.2 Å². The number of benzene rings is 1. The van der Waals surface area contributed by atoms with E-state index in [4.69, 9.17) is 5.73 Å². The summed E-state index contributed by atoms with van der Waals surface area (Å²) >= 11 is 0. The smallest absolute Gasteiger partial charge is 0.220 e. The molecule has 5 heteroatoms. The number of amides is 1. The Labute approximate surface area is 118 Å². The van der Waals surface area contributed by atoms with Gasteiger partial charge in [0.05, 0.1) is 24.1 Å². The maximum Gasteiger partial charge on any atom is 0.220 e. The van der Waals surface area contributed by atoms with Gasteiger partial charge in [0.25, 0.3) is 0 Å². The molecule has 1 aromatic heterocycles. The van der Waals surface area contributed by atoms with Crippen molar-refractivity contribution in [1.29, 1.82) is 0 Å². The van der Waals surface area contributed by atoms with Crippen LogP contribution in [0.5, 0.6) is 0 Å². The number of hydrogen-bond donors (Lipinski definition) is 2. The average Bonchev–Trinajstić information content (AvgIpc) is 2.45. The third kappa shape index (κ3) is 4.35. The van der Waals surface area contributed by atoms with Crippen LogP contribution in [-0.4, -0.2) is 15.9 Å². The number of hydrogen-bond acceptors (Lipinski definition) is 4. The van der Waals surface area contributed by atoms with Gasteiger partial charge in [-0.1, -0.05) is 12.1 Å². The van der Waals surface area contributed by atoms with Crippen molar-refractivity contribution in [3.8, 4) is 0 Å². The Balaban J connectivity index is 1.77. The molecule has 0 spiro atoms. The normalized spacial score (nSPS) is 10.2. The first kappa shape index (κ1) is 14.0. The van der Waals surface area contributed by atoms with Crippen LogP contribution in [0, 0.1) is 6.92 Å². The Morgan fingerprint density at radius 2 is 2.15 bits per heavy atom. The van der Waals surface area contributed by atoms with E-state index in [0.29, 0.717) is 19.4 Å². The minimum atomic E-state index is -0.00482. The number of carbonyl (C=O) groups is 1. The molecule has 20 heavy (non-hydrogen) atoms. The minimum Gasteiger partial charge on any atom is -0.399 e. The standard InChI is InChI=1S/C15H18N4O/c1-11-8-18-14(9-17-11)10-19-15(20)6-5-12-3-2-4-13(16)7-12/h2-4,7-9H,5-6,10,16H2,1H3,(H,19,20). The lowest BCUT2D eigenvalue weighted by Crippen LogP contribution is -2.23. The van der Waals surface area contributed by atoms with Crippen molar-refractivity contribution in [3.63, 3.8) is 0 Å². The van der Waals surface area contributed by atoms with E-state index in [0.717, 1.165) is 22.6 Å². The highest BCUT2D eigenvalue weighted by Gasteiger charge is 2.03. The molecule has 2 aromatic rings. The van der Waals surface area contributed by atoms with E-state index in [1.165, 1.54) is 0 Å². The van der Waals surface area contributed by atoms with Crippen LogP contribution >= 0.6 is 0 Å². The minimum absolute atomic E-state index is 0.00482. The van der Waals surface area contributed by atoms with Crippen LogP contribution in [0.3, 0.4) is 0 Å². The Morgan fingerprint density at radius 1 is 1.30 bits per heavy atom. The van der Waals surface area contributed by atoms with Crippen molar-refractivity contribution in [2.75, 3.05) is 5.73 Å². The molecule has 0 aliphatic heterocycles. The first-order valence-corrected chi connectivity index (χ1v) is 6.52. The molecule has 0 aliphatic rings. The van der Waals surface area contributed by atoms with Gasteiger partial charge in [0.15, 0.2) is 0 Å². The number of rotatable bonds is 5. The summed E-state index contributed by atoms with van der Waals surface area (Å²) in [6.45, 7) is 2.28. The van der Waals surface area contributed by atoms with Crippen LogP contribution in [0.1, 0.15) is 23.4 Å². The number of nitrogens with two attached hydrogens (primary N) is 1. The van der Waals surface area contributed by atoms with E-state index in [-0.39, 0.29) is 5.91 Å². The number of nitrogens with one attached hydrogen (secondary N) is 1. The third-order valence-electron chi connectivity index (χ3n) is 2.89. The lowest BCUT2D eigenvalue weighted by atomic mass is 10.1. The molecule has 0 saturated carbocycles. The summed E-state index contributed by atoms with van der Waals surface area (Å²) in [5.74, 6) is -0.00482.